The fraction of sp³-hybridized carbons (Fsp3) is 0.476. The molecule has 2 saturated heterocycles. The van der Waals surface area contributed by atoms with Gasteiger partial charge in [-0.05, 0) is 37.5 Å². The second-order valence-corrected chi connectivity index (χ2v) is 8.88. The van der Waals surface area contributed by atoms with Gasteiger partial charge in [0.15, 0.2) is 0 Å². The average Bonchev–Trinajstić information content (AvgIpc) is 3.14. The van der Waals surface area contributed by atoms with E-state index in [9.17, 15) is 4.79 Å². The topological polar surface area (TPSA) is 23.6 Å². The number of piperidine rings is 1. The quantitative estimate of drug-likeness (QED) is 0.831. The monoisotopic (exact) mass is 354 g/mol. The van der Waals surface area contributed by atoms with E-state index >= 15 is 0 Å². The molecule has 0 radical (unpaired) electrons. The highest BCUT2D eigenvalue weighted by Gasteiger charge is 2.52. The molecule has 1 aromatic heterocycles. The van der Waals surface area contributed by atoms with Crippen LogP contribution in [0.5, 0.6) is 0 Å². The molecule has 0 aliphatic carbocycles. The molecule has 3 heterocycles. The van der Waals surface area contributed by atoms with Gasteiger partial charge in [0.05, 0.1) is 5.54 Å². The van der Waals surface area contributed by atoms with Crippen molar-refractivity contribution < 1.29 is 4.79 Å². The number of likely N-dealkylation sites (tertiary alicyclic amines) is 2. The highest BCUT2D eigenvalue weighted by Crippen LogP contribution is 2.48. The Hall–Kier alpha value is -1.65. The number of rotatable bonds is 3. The summed E-state index contributed by atoms with van der Waals surface area (Å²) in [4.78, 5) is 20.0. The summed E-state index contributed by atoms with van der Waals surface area (Å²) in [7, 11) is 2.02. The van der Waals surface area contributed by atoms with Crippen LogP contribution in [0, 0.1) is 6.92 Å². The van der Waals surface area contributed by atoms with Crippen LogP contribution in [-0.4, -0.2) is 41.4 Å². The maximum Gasteiger partial charge on any atom is 0.223 e. The molecular formula is C21H26N2OS. The maximum atomic E-state index is 12.5. The first kappa shape index (κ1) is 16.8. The number of nitrogens with zero attached hydrogens (tertiary/aromatic N) is 2. The lowest BCUT2D eigenvalue weighted by atomic mass is 9.74. The first-order valence-electron chi connectivity index (χ1n) is 9.18. The number of hydrogen-bond donors (Lipinski definition) is 0. The van der Waals surface area contributed by atoms with E-state index in [1.54, 1.807) is 0 Å². The molecule has 132 valence electrons. The smallest absolute Gasteiger partial charge is 0.223 e. The van der Waals surface area contributed by atoms with Crippen LogP contribution < -0.4 is 0 Å². The Kier molecular flexibility index (Phi) is 4.42. The molecule has 0 unspecified atom stereocenters. The van der Waals surface area contributed by atoms with E-state index in [0.717, 1.165) is 32.5 Å². The summed E-state index contributed by atoms with van der Waals surface area (Å²) in [6, 6.07) is 15.1. The van der Waals surface area contributed by atoms with Gasteiger partial charge in [0.2, 0.25) is 5.91 Å². The third kappa shape index (κ3) is 3.02. The molecule has 2 aromatic rings. The summed E-state index contributed by atoms with van der Waals surface area (Å²) in [5.41, 5.74) is 1.32. The molecule has 2 aliphatic heterocycles. The molecular weight excluding hydrogens is 328 g/mol. The number of aryl methyl sites for hydroxylation is 1. The van der Waals surface area contributed by atoms with E-state index in [4.69, 9.17) is 0 Å². The first-order valence-corrected chi connectivity index (χ1v) is 9.99. The molecule has 4 heteroatoms. The summed E-state index contributed by atoms with van der Waals surface area (Å²) in [6.07, 6.45) is 2.79. The lowest BCUT2D eigenvalue weighted by molar-refractivity contribution is -0.130. The Balaban J connectivity index is 1.51. The van der Waals surface area contributed by atoms with Gasteiger partial charge < -0.3 is 4.90 Å². The standard InChI is InChI=1S/C21H26N2OS/c1-16-8-9-18(25-16)15-23-12-10-21(11-13-23)19(14-20(24)22(21)2)17-6-4-3-5-7-17/h3-9,19H,10-15H2,1-2H3/t19-/m0/s1. The van der Waals surface area contributed by atoms with E-state index in [1.807, 2.05) is 18.4 Å². The van der Waals surface area contributed by atoms with E-state index in [2.05, 4.69) is 59.2 Å². The van der Waals surface area contributed by atoms with Crippen LogP contribution in [-0.2, 0) is 11.3 Å². The van der Waals surface area contributed by atoms with Crippen LogP contribution in [0.3, 0.4) is 0 Å². The van der Waals surface area contributed by atoms with Crippen molar-refractivity contribution in [3.05, 3.63) is 57.8 Å². The second kappa shape index (κ2) is 6.58. The number of carbonyl (C=O) groups is 1. The number of amides is 1. The van der Waals surface area contributed by atoms with Crippen molar-refractivity contribution in [2.24, 2.45) is 0 Å². The average molecular weight is 355 g/mol. The predicted octanol–water partition coefficient (Wildman–Crippen LogP) is 4.04. The zero-order chi connectivity index (χ0) is 17.4. The van der Waals surface area contributed by atoms with E-state index in [-0.39, 0.29) is 5.54 Å². The van der Waals surface area contributed by atoms with Gasteiger partial charge in [-0.25, -0.2) is 0 Å². The van der Waals surface area contributed by atoms with Gasteiger partial charge in [-0.1, -0.05) is 30.3 Å². The van der Waals surface area contributed by atoms with Gasteiger partial charge in [0.25, 0.3) is 0 Å². The molecule has 2 aliphatic rings. The molecule has 1 aromatic carbocycles. The van der Waals surface area contributed by atoms with Crippen molar-refractivity contribution in [3.8, 4) is 0 Å². The third-order valence-corrected chi connectivity index (χ3v) is 7.15. The van der Waals surface area contributed by atoms with Crippen molar-refractivity contribution in [1.82, 2.24) is 9.80 Å². The molecule has 2 fully saturated rings. The zero-order valence-electron chi connectivity index (χ0n) is 15.1. The lowest BCUT2D eigenvalue weighted by Crippen LogP contribution is -2.53. The van der Waals surface area contributed by atoms with Crippen molar-refractivity contribution in [1.29, 1.82) is 0 Å². The molecule has 25 heavy (non-hydrogen) atoms. The van der Waals surface area contributed by atoms with E-state index in [0.29, 0.717) is 18.2 Å². The van der Waals surface area contributed by atoms with Gasteiger partial charge in [-0.3, -0.25) is 9.69 Å². The van der Waals surface area contributed by atoms with Gasteiger partial charge in [-0.2, -0.15) is 0 Å². The fourth-order valence-electron chi connectivity index (χ4n) is 4.67. The molecule has 0 saturated carbocycles. The summed E-state index contributed by atoms with van der Waals surface area (Å²) in [5.74, 6) is 0.633. The number of carbonyl (C=O) groups excluding carboxylic acids is 1. The Morgan fingerprint density at radius 3 is 2.48 bits per heavy atom. The summed E-state index contributed by atoms with van der Waals surface area (Å²) >= 11 is 1.90. The van der Waals surface area contributed by atoms with Crippen LogP contribution in [0.2, 0.25) is 0 Å². The van der Waals surface area contributed by atoms with E-state index in [1.165, 1.54) is 15.3 Å². The van der Waals surface area contributed by atoms with Crippen molar-refractivity contribution in [3.63, 3.8) is 0 Å². The van der Waals surface area contributed by atoms with Crippen molar-refractivity contribution >= 4 is 17.2 Å². The Bertz CT molecular complexity index is 746. The summed E-state index contributed by atoms with van der Waals surface area (Å²) in [5, 5.41) is 0. The number of hydrogen-bond acceptors (Lipinski definition) is 3. The van der Waals surface area contributed by atoms with Crippen LogP contribution in [0.25, 0.3) is 0 Å². The normalized spacial score (nSPS) is 23.5. The molecule has 3 nitrogen and oxygen atoms in total. The predicted molar refractivity (Wildman–Crippen MR) is 103 cm³/mol. The molecule has 0 N–H and O–H groups in total. The van der Waals surface area contributed by atoms with Crippen LogP contribution in [0.15, 0.2) is 42.5 Å². The minimum Gasteiger partial charge on any atom is -0.339 e. The SMILES string of the molecule is Cc1ccc(CN2CCC3(CC2)[C@H](c2ccccc2)CC(=O)N3C)s1. The minimum atomic E-state index is 0.000301. The van der Waals surface area contributed by atoms with Gasteiger partial charge >= 0.3 is 0 Å². The Morgan fingerprint density at radius 1 is 1.12 bits per heavy atom. The summed E-state index contributed by atoms with van der Waals surface area (Å²) in [6.45, 7) is 5.35. The van der Waals surface area contributed by atoms with Crippen molar-refractivity contribution in [2.45, 2.75) is 44.2 Å². The molecule has 4 rings (SSSR count). The van der Waals surface area contributed by atoms with Crippen LogP contribution in [0.1, 0.15) is 40.5 Å². The number of likely N-dealkylation sites (N-methyl/N-ethyl adjacent to an activating group) is 1. The van der Waals surface area contributed by atoms with Gasteiger partial charge in [0.1, 0.15) is 0 Å². The highest BCUT2D eigenvalue weighted by molar-refractivity contribution is 7.11. The Morgan fingerprint density at radius 2 is 1.84 bits per heavy atom. The molecule has 1 spiro atoms. The second-order valence-electron chi connectivity index (χ2n) is 7.51. The Labute approximate surface area is 154 Å². The van der Waals surface area contributed by atoms with Gasteiger partial charge in [-0.15, -0.1) is 11.3 Å². The highest BCUT2D eigenvalue weighted by atomic mass is 32.1. The minimum absolute atomic E-state index is 0.000301. The zero-order valence-corrected chi connectivity index (χ0v) is 15.9. The van der Waals surface area contributed by atoms with E-state index < -0.39 is 0 Å². The largest absolute Gasteiger partial charge is 0.339 e. The number of benzene rings is 1. The van der Waals surface area contributed by atoms with Crippen LogP contribution >= 0.6 is 11.3 Å². The first-order chi connectivity index (χ1) is 12.1. The summed E-state index contributed by atoms with van der Waals surface area (Å²) < 4.78 is 0. The third-order valence-electron chi connectivity index (χ3n) is 6.17. The molecule has 1 atom stereocenters. The molecule has 0 bridgehead atoms. The van der Waals surface area contributed by atoms with Gasteiger partial charge in [0, 0.05) is 48.8 Å². The number of thiophene rings is 1. The molecule has 1 amide bonds. The lowest BCUT2D eigenvalue weighted by Gasteiger charge is -2.46. The van der Waals surface area contributed by atoms with Crippen LogP contribution in [0.4, 0.5) is 0 Å². The maximum absolute atomic E-state index is 12.5. The van der Waals surface area contributed by atoms with Crippen molar-refractivity contribution in [2.75, 3.05) is 20.1 Å². The fourth-order valence-corrected chi connectivity index (χ4v) is 5.60.